The largest absolute Gasteiger partial charge is 0.343 e. The van der Waals surface area contributed by atoms with Crippen LogP contribution in [0.3, 0.4) is 0 Å². The number of aromatic nitrogens is 2. The van der Waals surface area contributed by atoms with Crippen LogP contribution in [0.2, 0.25) is 0 Å². The number of carbonyl (C=O) groups excluding carboxylic acids is 2. The SMILES string of the molecule is Cc1nnc(N2CCN(C(=O)c3ccc4c(c3)CC(=O)N4)CC2)s1. The topological polar surface area (TPSA) is 78.4 Å². The van der Waals surface area contributed by atoms with Crippen molar-refractivity contribution in [2.45, 2.75) is 13.3 Å². The van der Waals surface area contributed by atoms with Gasteiger partial charge in [0, 0.05) is 37.4 Å². The molecule has 1 aromatic heterocycles. The smallest absolute Gasteiger partial charge is 0.253 e. The van der Waals surface area contributed by atoms with Crippen molar-refractivity contribution in [2.24, 2.45) is 0 Å². The lowest BCUT2D eigenvalue weighted by atomic mass is 10.1. The summed E-state index contributed by atoms with van der Waals surface area (Å²) in [5, 5.41) is 12.9. The average molecular weight is 343 g/mol. The Morgan fingerprint density at radius 2 is 2.00 bits per heavy atom. The Bertz CT molecular complexity index is 811. The zero-order valence-corrected chi connectivity index (χ0v) is 14.1. The van der Waals surface area contributed by atoms with E-state index in [1.54, 1.807) is 17.4 Å². The molecule has 0 atom stereocenters. The molecule has 2 amide bonds. The number of amides is 2. The number of piperazine rings is 1. The molecule has 8 heteroatoms. The fourth-order valence-electron chi connectivity index (χ4n) is 3.06. The van der Waals surface area contributed by atoms with Gasteiger partial charge >= 0.3 is 0 Å². The summed E-state index contributed by atoms with van der Waals surface area (Å²) in [6.07, 6.45) is 0.348. The predicted octanol–water partition coefficient (Wildman–Crippen LogP) is 1.30. The number of nitrogens with one attached hydrogen (secondary N) is 1. The summed E-state index contributed by atoms with van der Waals surface area (Å²) >= 11 is 1.58. The molecule has 1 aromatic carbocycles. The molecule has 0 radical (unpaired) electrons. The first-order valence-electron chi connectivity index (χ1n) is 7.87. The minimum absolute atomic E-state index is 0.0180. The molecule has 1 saturated heterocycles. The van der Waals surface area contributed by atoms with Crippen LogP contribution in [0, 0.1) is 6.92 Å². The van der Waals surface area contributed by atoms with E-state index in [4.69, 9.17) is 0 Å². The number of hydrogen-bond donors (Lipinski definition) is 1. The molecule has 1 fully saturated rings. The maximum absolute atomic E-state index is 12.7. The van der Waals surface area contributed by atoms with Gasteiger partial charge in [-0.2, -0.15) is 0 Å². The van der Waals surface area contributed by atoms with Crippen LogP contribution >= 0.6 is 11.3 Å². The fourth-order valence-corrected chi connectivity index (χ4v) is 3.80. The number of aryl methyl sites for hydroxylation is 1. The summed E-state index contributed by atoms with van der Waals surface area (Å²) in [6, 6.07) is 5.43. The second-order valence-electron chi connectivity index (χ2n) is 5.98. The average Bonchev–Trinajstić information content (AvgIpc) is 3.18. The zero-order chi connectivity index (χ0) is 16.7. The number of benzene rings is 1. The highest BCUT2D eigenvalue weighted by Crippen LogP contribution is 2.25. The molecule has 4 rings (SSSR count). The third-order valence-corrected chi connectivity index (χ3v) is 5.23. The van der Waals surface area contributed by atoms with Crippen molar-refractivity contribution >= 4 is 34.0 Å². The number of nitrogens with zero attached hydrogens (tertiary/aromatic N) is 4. The summed E-state index contributed by atoms with van der Waals surface area (Å²) in [7, 11) is 0. The minimum atomic E-state index is -0.0180. The number of carbonyl (C=O) groups is 2. The van der Waals surface area contributed by atoms with E-state index < -0.39 is 0 Å². The van der Waals surface area contributed by atoms with E-state index in [1.165, 1.54) is 0 Å². The Labute approximate surface area is 143 Å². The Hall–Kier alpha value is -2.48. The Morgan fingerprint density at radius 1 is 1.21 bits per heavy atom. The Morgan fingerprint density at radius 3 is 2.71 bits per heavy atom. The van der Waals surface area contributed by atoms with E-state index in [0.29, 0.717) is 25.1 Å². The first-order valence-corrected chi connectivity index (χ1v) is 8.69. The highest BCUT2D eigenvalue weighted by Gasteiger charge is 2.25. The fraction of sp³-hybridized carbons (Fsp3) is 0.375. The van der Waals surface area contributed by atoms with Crippen LogP contribution in [-0.4, -0.2) is 53.1 Å². The molecule has 0 spiro atoms. The minimum Gasteiger partial charge on any atom is -0.343 e. The molecule has 0 bridgehead atoms. The molecule has 3 heterocycles. The van der Waals surface area contributed by atoms with Crippen molar-refractivity contribution in [1.82, 2.24) is 15.1 Å². The first kappa shape index (κ1) is 15.1. The lowest BCUT2D eigenvalue weighted by Gasteiger charge is -2.34. The quantitative estimate of drug-likeness (QED) is 0.889. The van der Waals surface area contributed by atoms with Gasteiger partial charge in [0.05, 0.1) is 6.42 Å². The van der Waals surface area contributed by atoms with Crippen LogP contribution in [0.5, 0.6) is 0 Å². The van der Waals surface area contributed by atoms with Gasteiger partial charge in [-0.25, -0.2) is 0 Å². The van der Waals surface area contributed by atoms with Crippen molar-refractivity contribution in [2.75, 3.05) is 36.4 Å². The maximum atomic E-state index is 12.7. The van der Waals surface area contributed by atoms with E-state index in [9.17, 15) is 9.59 Å². The standard InChI is InChI=1S/C16H17N5O2S/c1-10-18-19-16(24-10)21-6-4-20(5-7-21)15(23)11-2-3-13-12(8-11)9-14(22)17-13/h2-3,8H,4-7,9H2,1H3,(H,17,22). The summed E-state index contributed by atoms with van der Waals surface area (Å²) in [5.74, 6) is 0.000748. The lowest BCUT2D eigenvalue weighted by molar-refractivity contribution is -0.115. The maximum Gasteiger partial charge on any atom is 0.253 e. The third-order valence-electron chi connectivity index (χ3n) is 4.33. The van der Waals surface area contributed by atoms with E-state index in [-0.39, 0.29) is 11.8 Å². The molecule has 0 saturated carbocycles. The van der Waals surface area contributed by atoms with Gasteiger partial charge in [0.1, 0.15) is 5.01 Å². The Balaban J connectivity index is 1.43. The molecule has 2 aliphatic heterocycles. The summed E-state index contributed by atoms with van der Waals surface area (Å²) < 4.78 is 0. The number of rotatable bonds is 2. The van der Waals surface area contributed by atoms with Gasteiger partial charge in [-0.3, -0.25) is 9.59 Å². The van der Waals surface area contributed by atoms with E-state index in [0.717, 1.165) is 34.5 Å². The molecule has 1 N–H and O–H groups in total. The normalized spacial score (nSPS) is 17.0. The number of hydrogen-bond acceptors (Lipinski definition) is 6. The predicted molar refractivity (Wildman–Crippen MR) is 91.5 cm³/mol. The summed E-state index contributed by atoms with van der Waals surface area (Å²) in [4.78, 5) is 28.2. The van der Waals surface area contributed by atoms with E-state index in [1.807, 2.05) is 24.0 Å². The van der Waals surface area contributed by atoms with Gasteiger partial charge in [0.15, 0.2) is 0 Å². The molecule has 24 heavy (non-hydrogen) atoms. The van der Waals surface area contributed by atoms with Crippen molar-refractivity contribution in [3.8, 4) is 0 Å². The lowest BCUT2D eigenvalue weighted by Crippen LogP contribution is -2.48. The van der Waals surface area contributed by atoms with Crippen LogP contribution in [0.1, 0.15) is 20.9 Å². The molecular formula is C16H17N5O2S. The molecule has 2 aromatic rings. The number of anilines is 2. The second kappa shape index (κ2) is 5.86. The molecule has 2 aliphatic rings. The second-order valence-corrected chi connectivity index (χ2v) is 7.14. The van der Waals surface area contributed by atoms with Gasteiger partial charge < -0.3 is 15.1 Å². The molecule has 0 aliphatic carbocycles. The van der Waals surface area contributed by atoms with Crippen LogP contribution in [0.25, 0.3) is 0 Å². The summed E-state index contributed by atoms with van der Waals surface area (Å²) in [5.41, 5.74) is 2.35. The van der Waals surface area contributed by atoms with Gasteiger partial charge in [-0.05, 0) is 30.7 Å². The number of fused-ring (bicyclic) bond motifs is 1. The third kappa shape index (κ3) is 2.73. The van der Waals surface area contributed by atoms with Crippen LogP contribution in [-0.2, 0) is 11.2 Å². The van der Waals surface area contributed by atoms with Crippen molar-refractivity contribution in [3.05, 3.63) is 34.3 Å². The van der Waals surface area contributed by atoms with E-state index in [2.05, 4.69) is 20.4 Å². The highest BCUT2D eigenvalue weighted by molar-refractivity contribution is 7.15. The zero-order valence-electron chi connectivity index (χ0n) is 13.3. The Kier molecular flexibility index (Phi) is 3.68. The van der Waals surface area contributed by atoms with Gasteiger partial charge in [0.2, 0.25) is 11.0 Å². The van der Waals surface area contributed by atoms with Crippen LogP contribution in [0.15, 0.2) is 18.2 Å². The van der Waals surface area contributed by atoms with E-state index >= 15 is 0 Å². The van der Waals surface area contributed by atoms with Crippen molar-refractivity contribution < 1.29 is 9.59 Å². The first-order chi connectivity index (χ1) is 11.6. The van der Waals surface area contributed by atoms with Gasteiger partial charge in [-0.1, -0.05) is 11.3 Å². The molecule has 7 nitrogen and oxygen atoms in total. The monoisotopic (exact) mass is 343 g/mol. The highest BCUT2D eigenvalue weighted by atomic mass is 32.1. The molecule has 124 valence electrons. The van der Waals surface area contributed by atoms with Gasteiger partial charge in [0.25, 0.3) is 5.91 Å². The molecular weight excluding hydrogens is 326 g/mol. The van der Waals surface area contributed by atoms with Crippen molar-refractivity contribution in [1.29, 1.82) is 0 Å². The van der Waals surface area contributed by atoms with Crippen molar-refractivity contribution in [3.63, 3.8) is 0 Å². The summed E-state index contributed by atoms with van der Waals surface area (Å²) in [6.45, 7) is 4.77. The van der Waals surface area contributed by atoms with Crippen LogP contribution < -0.4 is 10.2 Å². The molecule has 0 unspecified atom stereocenters. The van der Waals surface area contributed by atoms with Gasteiger partial charge in [-0.15, -0.1) is 10.2 Å². The van der Waals surface area contributed by atoms with Crippen LogP contribution in [0.4, 0.5) is 10.8 Å².